The Balaban J connectivity index is 2.57. The number of halogens is 1. The quantitative estimate of drug-likeness (QED) is 0.815. The molecule has 0 spiro atoms. The predicted molar refractivity (Wildman–Crippen MR) is 69.1 cm³/mol. The van der Waals surface area contributed by atoms with E-state index in [0.29, 0.717) is 6.54 Å². The maximum Gasteiger partial charge on any atom is 0.320 e. The third-order valence-corrected chi connectivity index (χ3v) is 3.60. The van der Waals surface area contributed by atoms with Crippen molar-refractivity contribution >= 4 is 29.0 Å². The highest BCUT2D eigenvalue weighted by molar-refractivity contribution is 7.16. The van der Waals surface area contributed by atoms with Crippen LogP contribution in [0.3, 0.4) is 0 Å². The van der Waals surface area contributed by atoms with Gasteiger partial charge in [-0.3, -0.25) is 0 Å². The van der Waals surface area contributed by atoms with E-state index >= 15 is 0 Å². The molecule has 0 atom stereocenters. The molecule has 0 bridgehead atoms. The monoisotopic (exact) mass is 260 g/mol. The van der Waals surface area contributed by atoms with Crippen LogP contribution in [0.5, 0.6) is 0 Å². The molecular weight excluding hydrogens is 244 g/mol. The molecule has 0 fully saturated rings. The molecule has 0 N–H and O–H groups in total. The molecule has 1 aromatic heterocycles. The van der Waals surface area contributed by atoms with Gasteiger partial charge in [-0.05, 0) is 26.0 Å². The van der Waals surface area contributed by atoms with Crippen molar-refractivity contribution in [3.63, 3.8) is 0 Å². The molecule has 3 nitrogen and oxygen atoms in total. The van der Waals surface area contributed by atoms with Gasteiger partial charge >= 0.3 is 6.03 Å². The van der Waals surface area contributed by atoms with Crippen molar-refractivity contribution in [2.75, 3.05) is 20.1 Å². The number of hydrogen-bond acceptors (Lipinski definition) is 2. The van der Waals surface area contributed by atoms with Gasteiger partial charge in [-0.15, -0.1) is 11.3 Å². The normalized spacial score (nSPS) is 10.2. The molecule has 0 aliphatic rings. The number of thiophene rings is 1. The Kier molecular flexibility index (Phi) is 5.09. The zero-order valence-corrected chi connectivity index (χ0v) is 11.4. The fraction of sp³-hybridized carbons (Fsp3) is 0.545. The molecule has 0 aliphatic carbocycles. The molecule has 0 aromatic carbocycles. The van der Waals surface area contributed by atoms with Crippen LogP contribution in [0.2, 0.25) is 4.34 Å². The summed E-state index contributed by atoms with van der Waals surface area (Å²) in [5, 5.41) is 0. The lowest BCUT2D eigenvalue weighted by atomic mass is 10.4. The summed E-state index contributed by atoms with van der Waals surface area (Å²) in [5.41, 5.74) is 0. The fourth-order valence-electron chi connectivity index (χ4n) is 1.47. The van der Waals surface area contributed by atoms with Crippen LogP contribution in [0.4, 0.5) is 4.79 Å². The minimum atomic E-state index is 0.0644. The number of carbonyl (C=O) groups excluding carboxylic acids is 1. The van der Waals surface area contributed by atoms with Crippen LogP contribution in [0.25, 0.3) is 0 Å². The van der Waals surface area contributed by atoms with Crippen LogP contribution in [0.1, 0.15) is 18.7 Å². The summed E-state index contributed by atoms with van der Waals surface area (Å²) in [6.07, 6.45) is 0. The summed E-state index contributed by atoms with van der Waals surface area (Å²) in [6, 6.07) is 3.88. The van der Waals surface area contributed by atoms with Gasteiger partial charge in [0.2, 0.25) is 0 Å². The molecule has 5 heteroatoms. The number of carbonyl (C=O) groups is 1. The third-order valence-electron chi connectivity index (χ3n) is 2.38. The van der Waals surface area contributed by atoms with Crippen molar-refractivity contribution in [3.8, 4) is 0 Å². The Morgan fingerprint density at radius 3 is 2.44 bits per heavy atom. The zero-order chi connectivity index (χ0) is 12.1. The van der Waals surface area contributed by atoms with Gasteiger partial charge in [0.05, 0.1) is 10.9 Å². The molecule has 0 aliphatic heterocycles. The average molecular weight is 261 g/mol. The summed E-state index contributed by atoms with van der Waals surface area (Å²) in [7, 11) is 1.81. The molecule has 16 heavy (non-hydrogen) atoms. The van der Waals surface area contributed by atoms with Gasteiger partial charge in [0, 0.05) is 25.0 Å². The topological polar surface area (TPSA) is 23.6 Å². The van der Waals surface area contributed by atoms with E-state index in [2.05, 4.69) is 0 Å². The third kappa shape index (κ3) is 3.39. The predicted octanol–water partition coefficient (Wildman–Crippen LogP) is 3.30. The Bertz CT molecular complexity index is 350. The Morgan fingerprint density at radius 1 is 1.38 bits per heavy atom. The SMILES string of the molecule is CCN(CC)C(=O)N(C)Cc1ccc(Cl)s1. The summed E-state index contributed by atoms with van der Waals surface area (Å²) in [6.45, 7) is 6.07. The van der Waals surface area contributed by atoms with E-state index in [9.17, 15) is 4.79 Å². The van der Waals surface area contributed by atoms with Gasteiger partial charge in [-0.25, -0.2) is 4.79 Å². The van der Waals surface area contributed by atoms with E-state index in [1.54, 1.807) is 9.80 Å². The van der Waals surface area contributed by atoms with Crippen LogP contribution in [-0.4, -0.2) is 36.0 Å². The van der Waals surface area contributed by atoms with Gasteiger partial charge in [0.25, 0.3) is 0 Å². The Labute approximate surface area is 106 Å². The van der Waals surface area contributed by atoms with Crippen molar-refractivity contribution in [2.45, 2.75) is 20.4 Å². The minimum Gasteiger partial charge on any atom is -0.325 e. The molecule has 0 saturated carbocycles. The van der Waals surface area contributed by atoms with Crippen LogP contribution in [-0.2, 0) is 6.54 Å². The molecule has 1 rings (SSSR count). The van der Waals surface area contributed by atoms with Crippen LogP contribution < -0.4 is 0 Å². The van der Waals surface area contributed by atoms with E-state index in [1.807, 2.05) is 33.0 Å². The minimum absolute atomic E-state index is 0.0644. The second kappa shape index (κ2) is 6.11. The molecular formula is C11H17ClN2OS. The van der Waals surface area contributed by atoms with Gasteiger partial charge in [0.15, 0.2) is 0 Å². The highest BCUT2D eigenvalue weighted by Gasteiger charge is 2.15. The lowest BCUT2D eigenvalue weighted by Crippen LogP contribution is -2.40. The Hall–Kier alpha value is -0.740. The molecule has 1 heterocycles. The van der Waals surface area contributed by atoms with Gasteiger partial charge in [0.1, 0.15) is 0 Å². The van der Waals surface area contributed by atoms with Gasteiger partial charge in [-0.2, -0.15) is 0 Å². The number of rotatable bonds is 4. The second-order valence-corrected chi connectivity index (χ2v) is 5.32. The van der Waals surface area contributed by atoms with Gasteiger partial charge in [-0.1, -0.05) is 11.6 Å². The smallest absolute Gasteiger partial charge is 0.320 e. The van der Waals surface area contributed by atoms with E-state index in [-0.39, 0.29) is 6.03 Å². The highest BCUT2D eigenvalue weighted by Crippen LogP contribution is 2.22. The van der Waals surface area contributed by atoms with E-state index < -0.39 is 0 Å². The first kappa shape index (κ1) is 13.3. The lowest BCUT2D eigenvalue weighted by Gasteiger charge is -2.25. The molecule has 1 aromatic rings. The number of urea groups is 1. The Morgan fingerprint density at radius 2 is 2.00 bits per heavy atom. The fourth-order valence-corrected chi connectivity index (χ4v) is 2.61. The van der Waals surface area contributed by atoms with Crippen LogP contribution in [0.15, 0.2) is 12.1 Å². The first-order chi connectivity index (χ1) is 7.58. The van der Waals surface area contributed by atoms with Gasteiger partial charge < -0.3 is 9.80 Å². The molecule has 0 radical (unpaired) electrons. The summed E-state index contributed by atoms with van der Waals surface area (Å²) in [4.78, 5) is 16.6. The first-order valence-electron chi connectivity index (χ1n) is 5.32. The molecule has 2 amide bonds. The molecule has 0 saturated heterocycles. The van der Waals surface area contributed by atoms with E-state index in [1.165, 1.54) is 11.3 Å². The van der Waals surface area contributed by atoms with Crippen molar-refractivity contribution in [1.29, 1.82) is 0 Å². The highest BCUT2D eigenvalue weighted by atomic mass is 35.5. The van der Waals surface area contributed by atoms with Crippen molar-refractivity contribution < 1.29 is 4.79 Å². The summed E-state index contributed by atoms with van der Waals surface area (Å²) < 4.78 is 0.763. The summed E-state index contributed by atoms with van der Waals surface area (Å²) >= 11 is 7.36. The number of nitrogens with zero attached hydrogens (tertiary/aromatic N) is 2. The lowest BCUT2D eigenvalue weighted by molar-refractivity contribution is 0.166. The maximum atomic E-state index is 11.9. The number of hydrogen-bond donors (Lipinski definition) is 0. The van der Waals surface area contributed by atoms with Crippen molar-refractivity contribution in [2.24, 2.45) is 0 Å². The van der Waals surface area contributed by atoms with Crippen molar-refractivity contribution in [3.05, 3.63) is 21.3 Å². The zero-order valence-electron chi connectivity index (χ0n) is 9.86. The number of amides is 2. The maximum absolute atomic E-state index is 11.9. The standard InChI is InChI=1S/C11H17ClN2OS/c1-4-14(5-2)11(15)13(3)8-9-6-7-10(12)16-9/h6-7H,4-5,8H2,1-3H3. The van der Waals surface area contributed by atoms with Crippen molar-refractivity contribution in [1.82, 2.24) is 9.80 Å². The summed E-state index contributed by atoms with van der Waals surface area (Å²) in [5.74, 6) is 0. The average Bonchev–Trinajstić information content (AvgIpc) is 2.65. The molecule has 90 valence electrons. The first-order valence-corrected chi connectivity index (χ1v) is 6.52. The van der Waals surface area contributed by atoms with Crippen LogP contribution in [0, 0.1) is 0 Å². The van der Waals surface area contributed by atoms with Crippen LogP contribution >= 0.6 is 22.9 Å². The van der Waals surface area contributed by atoms with E-state index in [0.717, 1.165) is 22.3 Å². The van der Waals surface area contributed by atoms with E-state index in [4.69, 9.17) is 11.6 Å². The molecule has 0 unspecified atom stereocenters. The second-order valence-electron chi connectivity index (χ2n) is 3.52. The largest absolute Gasteiger partial charge is 0.325 e.